The van der Waals surface area contributed by atoms with Crippen molar-refractivity contribution in [3.63, 3.8) is 0 Å². The minimum absolute atomic E-state index is 0.575. The maximum atomic E-state index is 8.73. The van der Waals surface area contributed by atoms with Gasteiger partial charge in [0.25, 0.3) is 0 Å². The van der Waals surface area contributed by atoms with E-state index in [4.69, 9.17) is 5.26 Å². The smallest absolute Gasteiger partial charge is 0.140 e. The van der Waals surface area contributed by atoms with Gasteiger partial charge in [0.1, 0.15) is 11.8 Å². The monoisotopic (exact) mass is 170 g/mol. The van der Waals surface area contributed by atoms with Crippen LogP contribution in [0.15, 0.2) is 12.3 Å². The van der Waals surface area contributed by atoms with Crippen LogP contribution in [0.3, 0.4) is 0 Å². The summed E-state index contributed by atoms with van der Waals surface area (Å²) in [6, 6.07) is 4.09. The van der Waals surface area contributed by atoms with Gasteiger partial charge in [0.2, 0.25) is 0 Å². The van der Waals surface area contributed by atoms with E-state index in [-0.39, 0.29) is 0 Å². The predicted molar refractivity (Wildman–Crippen MR) is 48.3 cm³/mol. The summed E-state index contributed by atoms with van der Waals surface area (Å²) in [7, 11) is 0. The topological polar surface area (TPSA) is 36.7 Å². The van der Waals surface area contributed by atoms with E-state index in [2.05, 4.69) is 11.1 Å². The maximum absolute atomic E-state index is 8.73. The molecular formula is C11H10N2. The fourth-order valence-electron chi connectivity index (χ4n) is 2.78. The molecule has 0 saturated heterocycles. The highest BCUT2D eigenvalue weighted by Crippen LogP contribution is 2.52. The number of nitriles is 1. The van der Waals surface area contributed by atoms with Gasteiger partial charge in [-0.15, -0.1) is 0 Å². The normalized spacial score (nSPS) is 28.5. The van der Waals surface area contributed by atoms with Crippen molar-refractivity contribution in [3.05, 3.63) is 29.1 Å². The fraction of sp³-hybridized carbons (Fsp3) is 0.455. The zero-order valence-corrected chi connectivity index (χ0v) is 7.33. The molecule has 0 spiro atoms. The molecule has 3 rings (SSSR count). The van der Waals surface area contributed by atoms with Crippen LogP contribution in [0.4, 0.5) is 0 Å². The van der Waals surface area contributed by atoms with Gasteiger partial charge in [0.15, 0.2) is 0 Å². The lowest BCUT2D eigenvalue weighted by Gasteiger charge is -2.13. The molecule has 0 aliphatic heterocycles. The van der Waals surface area contributed by atoms with Gasteiger partial charge in [0, 0.05) is 6.20 Å². The number of rotatable bonds is 0. The second-order valence-electron chi connectivity index (χ2n) is 4.02. The van der Waals surface area contributed by atoms with Crippen molar-refractivity contribution < 1.29 is 0 Å². The van der Waals surface area contributed by atoms with Crippen LogP contribution in [0.1, 0.15) is 47.9 Å². The zero-order valence-electron chi connectivity index (χ0n) is 7.33. The first kappa shape index (κ1) is 7.08. The van der Waals surface area contributed by atoms with Crippen molar-refractivity contribution >= 4 is 0 Å². The van der Waals surface area contributed by atoms with Crippen LogP contribution in [0.5, 0.6) is 0 Å². The summed E-state index contributed by atoms with van der Waals surface area (Å²) in [5.74, 6) is 1.48. The Labute approximate surface area is 77.2 Å². The van der Waals surface area contributed by atoms with E-state index >= 15 is 0 Å². The molecule has 2 unspecified atom stereocenters. The van der Waals surface area contributed by atoms with Gasteiger partial charge in [0.05, 0.1) is 0 Å². The molecule has 64 valence electrons. The zero-order chi connectivity index (χ0) is 8.84. The molecule has 1 aromatic rings. The summed E-state index contributed by atoms with van der Waals surface area (Å²) in [6.07, 6.45) is 5.85. The molecule has 1 heterocycles. The second kappa shape index (κ2) is 2.32. The number of hydrogen-bond donors (Lipinski definition) is 0. The molecular weight excluding hydrogens is 160 g/mol. The molecule has 2 atom stereocenters. The second-order valence-corrected chi connectivity index (χ2v) is 4.02. The Morgan fingerprint density at radius 1 is 1.31 bits per heavy atom. The highest BCUT2D eigenvalue weighted by Gasteiger charge is 2.36. The van der Waals surface area contributed by atoms with Crippen molar-refractivity contribution in [1.29, 1.82) is 5.26 Å². The summed E-state index contributed by atoms with van der Waals surface area (Å²) in [5, 5.41) is 8.73. The van der Waals surface area contributed by atoms with Gasteiger partial charge >= 0.3 is 0 Å². The number of nitrogens with zero attached hydrogens (tertiary/aromatic N) is 2. The quantitative estimate of drug-likeness (QED) is 0.599. The van der Waals surface area contributed by atoms with E-state index in [1.165, 1.54) is 30.4 Å². The molecule has 2 aliphatic rings. The van der Waals surface area contributed by atoms with E-state index in [0.29, 0.717) is 5.69 Å². The molecule has 2 nitrogen and oxygen atoms in total. The average Bonchev–Trinajstić information content (AvgIpc) is 2.77. The van der Waals surface area contributed by atoms with Crippen molar-refractivity contribution in [2.75, 3.05) is 0 Å². The Hall–Kier alpha value is -1.36. The lowest BCUT2D eigenvalue weighted by atomic mass is 9.93. The van der Waals surface area contributed by atoms with Gasteiger partial charge in [-0.1, -0.05) is 0 Å². The number of aromatic nitrogens is 1. The third-order valence-electron chi connectivity index (χ3n) is 3.40. The predicted octanol–water partition coefficient (Wildman–Crippen LogP) is 2.32. The summed E-state index contributed by atoms with van der Waals surface area (Å²) >= 11 is 0. The van der Waals surface area contributed by atoms with Gasteiger partial charge in [-0.2, -0.15) is 5.26 Å². The number of pyridine rings is 1. The Morgan fingerprint density at radius 2 is 2.08 bits per heavy atom. The lowest BCUT2D eigenvalue weighted by Crippen LogP contribution is -1.99. The van der Waals surface area contributed by atoms with E-state index in [1.54, 1.807) is 0 Å². The number of fused-ring (bicyclic) bond motifs is 5. The fourth-order valence-corrected chi connectivity index (χ4v) is 2.78. The van der Waals surface area contributed by atoms with E-state index in [9.17, 15) is 0 Å². The molecule has 2 bridgehead atoms. The summed E-state index contributed by atoms with van der Waals surface area (Å²) in [5.41, 5.74) is 3.39. The SMILES string of the molecule is N#Cc1cc2c(cn1)C1CCC2C1. The third kappa shape index (κ3) is 0.846. The molecule has 0 radical (unpaired) electrons. The molecule has 1 saturated carbocycles. The average molecular weight is 170 g/mol. The lowest BCUT2D eigenvalue weighted by molar-refractivity contribution is 0.713. The summed E-state index contributed by atoms with van der Waals surface area (Å²) in [4.78, 5) is 4.13. The first-order valence-electron chi connectivity index (χ1n) is 4.78. The Kier molecular flexibility index (Phi) is 1.26. The summed E-state index contributed by atoms with van der Waals surface area (Å²) < 4.78 is 0. The van der Waals surface area contributed by atoms with Crippen LogP contribution in [-0.4, -0.2) is 4.98 Å². The Balaban J connectivity index is 2.18. The largest absolute Gasteiger partial charge is 0.245 e. The molecule has 0 amide bonds. The van der Waals surface area contributed by atoms with Crippen molar-refractivity contribution in [2.45, 2.75) is 31.1 Å². The first-order valence-corrected chi connectivity index (χ1v) is 4.78. The summed E-state index contributed by atoms with van der Waals surface area (Å²) in [6.45, 7) is 0. The first-order chi connectivity index (χ1) is 6.38. The standard InChI is InChI=1S/C11H10N2/c12-5-9-4-10-7-1-2-8(3-7)11(10)6-13-9/h4,6-8H,1-3H2. The van der Waals surface area contributed by atoms with E-state index < -0.39 is 0 Å². The van der Waals surface area contributed by atoms with Crippen LogP contribution in [0.25, 0.3) is 0 Å². The number of hydrogen-bond acceptors (Lipinski definition) is 2. The van der Waals surface area contributed by atoms with E-state index in [1.807, 2.05) is 12.3 Å². The van der Waals surface area contributed by atoms with Crippen molar-refractivity contribution in [3.8, 4) is 6.07 Å². The van der Waals surface area contributed by atoms with Gasteiger partial charge < -0.3 is 0 Å². The Bertz CT molecular complexity index is 403. The highest BCUT2D eigenvalue weighted by atomic mass is 14.7. The van der Waals surface area contributed by atoms with E-state index in [0.717, 1.165) is 11.8 Å². The molecule has 1 fully saturated rings. The van der Waals surface area contributed by atoms with Crippen LogP contribution < -0.4 is 0 Å². The maximum Gasteiger partial charge on any atom is 0.140 e. The van der Waals surface area contributed by atoms with Crippen molar-refractivity contribution in [1.82, 2.24) is 4.98 Å². The molecule has 0 aromatic carbocycles. The molecule has 2 heteroatoms. The third-order valence-corrected chi connectivity index (χ3v) is 3.40. The Morgan fingerprint density at radius 3 is 2.85 bits per heavy atom. The molecule has 13 heavy (non-hydrogen) atoms. The molecule has 0 N–H and O–H groups in total. The minimum Gasteiger partial charge on any atom is -0.245 e. The van der Waals surface area contributed by atoms with Crippen molar-refractivity contribution in [2.24, 2.45) is 0 Å². The van der Waals surface area contributed by atoms with Gasteiger partial charge in [-0.25, -0.2) is 4.98 Å². The highest BCUT2D eigenvalue weighted by molar-refractivity contribution is 5.42. The van der Waals surface area contributed by atoms with Gasteiger partial charge in [-0.05, 0) is 48.3 Å². The van der Waals surface area contributed by atoms with Crippen LogP contribution in [-0.2, 0) is 0 Å². The van der Waals surface area contributed by atoms with Crippen LogP contribution in [0, 0.1) is 11.3 Å². The minimum atomic E-state index is 0.575. The van der Waals surface area contributed by atoms with Gasteiger partial charge in [-0.3, -0.25) is 0 Å². The molecule has 2 aliphatic carbocycles. The van der Waals surface area contributed by atoms with Crippen LogP contribution >= 0.6 is 0 Å². The van der Waals surface area contributed by atoms with Crippen LogP contribution in [0.2, 0.25) is 0 Å². The molecule has 1 aromatic heterocycles.